The molecule has 2 heterocycles. The first-order valence-electron chi connectivity index (χ1n) is 13.1. The number of rotatable bonds is 0. The lowest BCUT2D eigenvalue weighted by atomic mass is 9.46. The van der Waals surface area contributed by atoms with Crippen LogP contribution in [0, 0.1) is 46.3 Å². The smallest absolute Gasteiger partial charge is 0.122 e. The summed E-state index contributed by atoms with van der Waals surface area (Å²) in [5, 5.41) is 3.90. The fourth-order valence-corrected chi connectivity index (χ4v) is 9.89. The number of ether oxygens (including phenoxy) is 1. The minimum absolute atomic E-state index is 0.0300. The Morgan fingerprint density at radius 3 is 2.67 bits per heavy atom. The van der Waals surface area contributed by atoms with Crippen molar-refractivity contribution in [3.8, 4) is 0 Å². The fraction of sp³-hybridized carbons (Fsp3) is 0.926. The molecule has 0 aromatic carbocycles. The molecule has 2 saturated heterocycles. The van der Waals surface area contributed by atoms with E-state index in [1.165, 1.54) is 51.4 Å². The summed E-state index contributed by atoms with van der Waals surface area (Å²) in [7, 11) is 0. The lowest BCUT2D eigenvalue weighted by molar-refractivity contribution is -0.115. The van der Waals surface area contributed by atoms with Crippen LogP contribution in [0.1, 0.15) is 85.5 Å². The SMILES string of the molecule is CC1C2[C@H](C[C@H]3[C@@H]4CC=C5C[C@H](N)CC[C@]5(C)[C@H]4CC[C@]23C)O[C@]12CC[C@@H](C)CN2. The standard InChI is InChI=1S/C27H44N2O/c1-16-7-12-27(29-15-16)17(2)24-23(30-27)14-22-20-6-5-18-13-19(28)8-10-25(18,3)21(20)9-11-26(22,24)4/h5,16-17,19-24,29H,6-15,28H2,1-4H3/t16-,17?,19-,20-,21+,22+,23+,24?,25+,26+,27-/m1/s1. The Morgan fingerprint density at radius 1 is 1.07 bits per heavy atom. The lowest BCUT2D eigenvalue weighted by Gasteiger charge is -2.58. The second-order valence-electron chi connectivity index (χ2n) is 12.9. The molecule has 0 aromatic rings. The lowest BCUT2D eigenvalue weighted by Crippen LogP contribution is -2.57. The number of nitrogens with one attached hydrogen (secondary N) is 1. The summed E-state index contributed by atoms with van der Waals surface area (Å²) in [5.41, 5.74) is 8.94. The molecule has 3 nitrogen and oxygen atoms in total. The van der Waals surface area contributed by atoms with Crippen LogP contribution in [0.2, 0.25) is 0 Å². The Morgan fingerprint density at radius 2 is 1.90 bits per heavy atom. The number of hydrogen-bond acceptors (Lipinski definition) is 3. The summed E-state index contributed by atoms with van der Waals surface area (Å²) in [6.07, 6.45) is 14.8. The minimum Gasteiger partial charge on any atom is -0.357 e. The Bertz CT molecular complexity index is 739. The first-order chi connectivity index (χ1) is 14.3. The summed E-state index contributed by atoms with van der Waals surface area (Å²) in [6.45, 7) is 11.3. The predicted molar refractivity (Wildman–Crippen MR) is 122 cm³/mol. The van der Waals surface area contributed by atoms with Crippen molar-refractivity contribution in [3.05, 3.63) is 11.6 Å². The van der Waals surface area contributed by atoms with Gasteiger partial charge in [0.25, 0.3) is 0 Å². The van der Waals surface area contributed by atoms with Crippen LogP contribution in [0.25, 0.3) is 0 Å². The molecule has 0 radical (unpaired) electrons. The summed E-state index contributed by atoms with van der Waals surface area (Å²) < 4.78 is 7.01. The molecule has 6 aliphatic rings. The molecule has 30 heavy (non-hydrogen) atoms. The Hall–Kier alpha value is -0.380. The third-order valence-corrected chi connectivity index (χ3v) is 11.6. The van der Waals surface area contributed by atoms with Gasteiger partial charge in [-0.3, -0.25) is 5.32 Å². The number of hydrogen-bond donors (Lipinski definition) is 2. The molecule has 0 aromatic heterocycles. The van der Waals surface area contributed by atoms with E-state index in [-0.39, 0.29) is 5.72 Å². The second kappa shape index (κ2) is 6.58. The maximum Gasteiger partial charge on any atom is 0.122 e. The highest BCUT2D eigenvalue weighted by Gasteiger charge is 2.68. The fourth-order valence-electron chi connectivity index (χ4n) is 9.89. The van der Waals surface area contributed by atoms with Crippen LogP contribution < -0.4 is 11.1 Å². The molecular formula is C27H44N2O. The van der Waals surface area contributed by atoms with Crippen LogP contribution >= 0.6 is 0 Å². The Balaban J connectivity index is 1.28. The van der Waals surface area contributed by atoms with E-state index < -0.39 is 0 Å². The van der Waals surface area contributed by atoms with Gasteiger partial charge in [0.15, 0.2) is 0 Å². The highest BCUT2D eigenvalue weighted by molar-refractivity contribution is 5.26. The molecular weight excluding hydrogens is 368 g/mol. The van der Waals surface area contributed by atoms with Gasteiger partial charge >= 0.3 is 0 Å². The van der Waals surface area contributed by atoms with E-state index in [0.29, 0.717) is 28.9 Å². The molecule has 4 aliphatic carbocycles. The van der Waals surface area contributed by atoms with E-state index in [1.807, 2.05) is 0 Å². The van der Waals surface area contributed by atoms with E-state index in [4.69, 9.17) is 10.5 Å². The van der Waals surface area contributed by atoms with Crippen molar-refractivity contribution in [1.29, 1.82) is 0 Å². The van der Waals surface area contributed by atoms with Crippen molar-refractivity contribution in [1.82, 2.24) is 5.32 Å². The molecule has 3 N–H and O–H groups in total. The molecule has 6 rings (SSSR count). The van der Waals surface area contributed by atoms with Gasteiger partial charge in [0.05, 0.1) is 6.10 Å². The zero-order chi connectivity index (χ0) is 20.9. The molecule has 1 spiro atoms. The molecule has 5 fully saturated rings. The Kier molecular flexibility index (Phi) is 4.44. The number of allylic oxidation sites excluding steroid dienone is 1. The quantitative estimate of drug-likeness (QED) is 0.534. The van der Waals surface area contributed by atoms with Crippen LogP contribution in [-0.2, 0) is 4.74 Å². The first kappa shape index (κ1) is 20.2. The third kappa shape index (κ3) is 2.55. The largest absolute Gasteiger partial charge is 0.357 e. The monoisotopic (exact) mass is 412 g/mol. The van der Waals surface area contributed by atoms with Gasteiger partial charge in [0, 0.05) is 18.5 Å². The van der Waals surface area contributed by atoms with Gasteiger partial charge in [0.2, 0.25) is 0 Å². The van der Waals surface area contributed by atoms with Crippen molar-refractivity contribution >= 4 is 0 Å². The molecule has 2 unspecified atom stereocenters. The zero-order valence-electron chi connectivity index (χ0n) is 19.8. The highest BCUT2D eigenvalue weighted by atomic mass is 16.5. The maximum absolute atomic E-state index is 7.01. The summed E-state index contributed by atoms with van der Waals surface area (Å²) in [4.78, 5) is 0. The third-order valence-electron chi connectivity index (χ3n) is 11.6. The van der Waals surface area contributed by atoms with Gasteiger partial charge in [-0.15, -0.1) is 0 Å². The normalized spacial score (nSPS) is 59.8. The van der Waals surface area contributed by atoms with E-state index in [9.17, 15) is 0 Å². The molecule has 0 bridgehead atoms. The van der Waals surface area contributed by atoms with Crippen LogP contribution in [0.3, 0.4) is 0 Å². The summed E-state index contributed by atoms with van der Waals surface area (Å²) in [5.74, 6) is 4.75. The van der Waals surface area contributed by atoms with Crippen LogP contribution in [-0.4, -0.2) is 24.4 Å². The van der Waals surface area contributed by atoms with E-state index in [2.05, 4.69) is 39.1 Å². The van der Waals surface area contributed by atoms with Gasteiger partial charge in [-0.05, 0) is 98.2 Å². The topological polar surface area (TPSA) is 47.3 Å². The van der Waals surface area contributed by atoms with Crippen LogP contribution in [0.5, 0.6) is 0 Å². The highest BCUT2D eigenvalue weighted by Crippen LogP contribution is 2.70. The van der Waals surface area contributed by atoms with Crippen molar-refractivity contribution < 1.29 is 4.74 Å². The van der Waals surface area contributed by atoms with E-state index in [0.717, 1.165) is 42.6 Å². The van der Waals surface area contributed by atoms with Crippen molar-refractivity contribution in [3.63, 3.8) is 0 Å². The first-order valence-corrected chi connectivity index (χ1v) is 13.1. The number of piperidine rings is 1. The molecule has 0 amide bonds. The van der Waals surface area contributed by atoms with Crippen LogP contribution in [0.4, 0.5) is 0 Å². The van der Waals surface area contributed by atoms with Crippen LogP contribution in [0.15, 0.2) is 11.6 Å². The summed E-state index contributed by atoms with van der Waals surface area (Å²) in [6, 6.07) is 0.400. The average Bonchev–Trinajstić information content (AvgIpc) is 3.16. The van der Waals surface area contributed by atoms with Gasteiger partial charge in [-0.1, -0.05) is 39.3 Å². The maximum atomic E-state index is 7.01. The molecule has 3 saturated carbocycles. The van der Waals surface area contributed by atoms with Crippen molar-refractivity contribution in [2.45, 2.75) is 103 Å². The van der Waals surface area contributed by atoms with Gasteiger partial charge in [-0.2, -0.15) is 0 Å². The van der Waals surface area contributed by atoms with E-state index >= 15 is 0 Å². The molecule has 3 heteroatoms. The number of nitrogens with two attached hydrogens (primary N) is 1. The molecule has 168 valence electrons. The Labute approximate surface area is 184 Å². The molecule has 2 aliphatic heterocycles. The zero-order valence-corrected chi connectivity index (χ0v) is 19.8. The van der Waals surface area contributed by atoms with Gasteiger partial charge in [-0.25, -0.2) is 0 Å². The van der Waals surface area contributed by atoms with Crippen molar-refractivity contribution in [2.75, 3.05) is 6.54 Å². The van der Waals surface area contributed by atoms with E-state index in [1.54, 1.807) is 5.57 Å². The van der Waals surface area contributed by atoms with Gasteiger partial charge < -0.3 is 10.5 Å². The number of fused-ring (bicyclic) bond motifs is 7. The summed E-state index contributed by atoms with van der Waals surface area (Å²) >= 11 is 0. The molecule has 11 atom stereocenters. The predicted octanol–water partition coefficient (Wildman–Crippen LogP) is 5.25. The minimum atomic E-state index is -0.0300. The van der Waals surface area contributed by atoms with Crippen molar-refractivity contribution in [2.24, 2.45) is 52.1 Å². The van der Waals surface area contributed by atoms with Gasteiger partial charge in [0.1, 0.15) is 5.72 Å². The second-order valence-corrected chi connectivity index (χ2v) is 12.9. The average molecular weight is 413 g/mol.